The van der Waals surface area contributed by atoms with Crippen molar-refractivity contribution in [3.05, 3.63) is 23.3 Å². The van der Waals surface area contributed by atoms with Crippen molar-refractivity contribution < 1.29 is 9.53 Å². The monoisotopic (exact) mass is 253 g/mol. The molecule has 0 fully saturated rings. The van der Waals surface area contributed by atoms with E-state index in [1.807, 2.05) is 19.1 Å². The molecule has 0 aliphatic heterocycles. The second-order valence-electron chi connectivity index (χ2n) is 4.27. The van der Waals surface area contributed by atoms with E-state index >= 15 is 0 Å². The summed E-state index contributed by atoms with van der Waals surface area (Å²) in [4.78, 5) is 11.4. The first-order valence-electron chi connectivity index (χ1n) is 5.58. The van der Waals surface area contributed by atoms with Gasteiger partial charge in [0.05, 0.1) is 12.9 Å². The highest BCUT2D eigenvalue weighted by Crippen LogP contribution is 2.31. The molecule has 0 bridgehead atoms. The number of thiol groups is 1. The predicted molar refractivity (Wildman–Crippen MR) is 74.3 cm³/mol. The van der Waals surface area contributed by atoms with Crippen molar-refractivity contribution in [3.8, 4) is 5.75 Å². The third-order valence-electron chi connectivity index (χ3n) is 2.62. The van der Waals surface area contributed by atoms with Crippen molar-refractivity contribution in [1.29, 1.82) is 0 Å². The van der Waals surface area contributed by atoms with E-state index in [0.29, 0.717) is 5.92 Å². The molecule has 0 aromatic heterocycles. The van der Waals surface area contributed by atoms with Gasteiger partial charge >= 0.3 is 0 Å². The lowest BCUT2D eigenvalue weighted by Gasteiger charge is -2.16. The van der Waals surface area contributed by atoms with Crippen LogP contribution in [0, 0.1) is 6.92 Å². The molecule has 3 nitrogen and oxygen atoms in total. The predicted octanol–water partition coefficient (Wildman–Crippen LogP) is 3.00. The highest BCUT2D eigenvalue weighted by Gasteiger charge is 2.12. The van der Waals surface area contributed by atoms with Crippen molar-refractivity contribution in [2.24, 2.45) is 0 Å². The minimum atomic E-state index is -0.101. The van der Waals surface area contributed by atoms with E-state index in [2.05, 4.69) is 31.8 Å². The van der Waals surface area contributed by atoms with Crippen molar-refractivity contribution in [2.75, 3.05) is 18.2 Å². The first-order chi connectivity index (χ1) is 7.99. The summed E-state index contributed by atoms with van der Waals surface area (Å²) in [6.07, 6.45) is 0. The maximum atomic E-state index is 11.4. The summed E-state index contributed by atoms with van der Waals surface area (Å²) in [7, 11) is 1.66. The number of nitrogens with one attached hydrogen (secondary N) is 1. The van der Waals surface area contributed by atoms with Gasteiger partial charge in [-0.05, 0) is 36.1 Å². The SMILES string of the molecule is COc1cc(C)c(NC(=O)CS)cc1C(C)C. The molecule has 0 radical (unpaired) electrons. The van der Waals surface area contributed by atoms with Gasteiger partial charge < -0.3 is 10.1 Å². The molecule has 0 saturated carbocycles. The van der Waals surface area contributed by atoms with Gasteiger partial charge in [-0.2, -0.15) is 12.6 Å². The molecule has 0 saturated heterocycles. The lowest BCUT2D eigenvalue weighted by Crippen LogP contribution is -2.14. The van der Waals surface area contributed by atoms with Crippen LogP contribution in [0.2, 0.25) is 0 Å². The second kappa shape index (κ2) is 5.96. The Morgan fingerprint density at radius 3 is 2.59 bits per heavy atom. The average molecular weight is 253 g/mol. The topological polar surface area (TPSA) is 38.3 Å². The third kappa shape index (κ3) is 3.40. The van der Waals surface area contributed by atoms with Crippen LogP contribution in [-0.2, 0) is 4.79 Å². The Bertz CT molecular complexity index is 416. The van der Waals surface area contributed by atoms with E-state index in [0.717, 1.165) is 22.6 Å². The van der Waals surface area contributed by atoms with Crippen LogP contribution in [0.1, 0.15) is 30.9 Å². The van der Waals surface area contributed by atoms with E-state index < -0.39 is 0 Å². The first-order valence-corrected chi connectivity index (χ1v) is 6.22. The lowest BCUT2D eigenvalue weighted by molar-refractivity contribution is -0.113. The molecule has 4 heteroatoms. The number of aryl methyl sites for hydroxylation is 1. The number of amides is 1. The van der Waals surface area contributed by atoms with Crippen LogP contribution in [0.3, 0.4) is 0 Å². The van der Waals surface area contributed by atoms with Gasteiger partial charge in [-0.25, -0.2) is 0 Å². The molecule has 1 amide bonds. The fraction of sp³-hybridized carbons (Fsp3) is 0.462. The van der Waals surface area contributed by atoms with Crippen molar-refractivity contribution in [2.45, 2.75) is 26.7 Å². The van der Waals surface area contributed by atoms with E-state index in [4.69, 9.17) is 4.74 Å². The van der Waals surface area contributed by atoms with Crippen molar-refractivity contribution >= 4 is 24.2 Å². The Labute approximate surface area is 108 Å². The highest BCUT2D eigenvalue weighted by molar-refractivity contribution is 7.81. The van der Waals surface area contributed by atoms with Crippen LogP contribution in [0.25, 0.3) is 0 Å². The van der Waals surface area contributed by atoms with Crippen LogP contribution < -0.4 is 10.1 Å². The number of anilines is 1. The van der Waals surface area contributed by atoms with Crippen LogP contribution >= 0.6 is 12.6 Å². The number of benzene rings is 1. The molecule has 1 aromatic carbocycles. The van der Waals surface area contributed by atoms with Gasteiger partial charge in [-0.1, -0.05) is 13.8 Å². The van der Waals surface area contributed by atoms with Gasteiger partial charge in [0.25, 0.3) is 0 Å². The fourth-order valence-electron chi connectivity index (χ4n) is 1.65. The number of ether oxygens (including phenoxy) is 1. The molecule has 0 atom stereocenters. The summed E-state index contributed by atoms with van der Waals surface area (Å²) in [5.41, 5.74) is 2.91. The standard InChI is InChI=1S/C13H19NO2S/c1-8(2)10-6-11(14-13(15)7-17)9(3)5-12(10)16-4/h5-6,8,17H,7H2,1-4H3,(H,14,15). The summed E-state index contributed by atoms with van der Waals surface area (Å²) in [6.45, 7) is 6.13. The van der Waals surface area contributed by atoms with Crippen molar-refractivity contribution in [1.82, 2.24) is 0 Å². The molecular weight excluding hydrogens is 234 g/mol. The molecule has 0 unspecified atom stereocenters. The fourth-order valence-corrected chi connectivity index (χ4v) is 1.73. The third-order valence-corrected chi connectivity index (χ3v) is 2.90. The lowest BCUT2D eigenvalue weighted by atomic mass is 9.99. The zero-order valence-corrected chi connectivity index (χ0v) is 11.6. The molecule has 0 aliphatic carbocycles. The Morgan fingerprint density at radius 1 is 1.47 bits per heavy atom. The van der Waals surface area contributed by atoms with Gasteiger partial charge in [-0.3, -0.25) is 4.79 Å². The quantitative estimate of drug-likeness (QED) is 0.810. The summed E-state index contributed by atoms with van der Waals surface area (Å²) in [5.74, 6) is 1.29. The van der Waals surface area contributed by atoms with E-state index in [1.54, 1.807) is 7.11 Å². The van der Waals surface area contributed by atoms with Gasteiger partial charge in [0.15, 0.2) is 0 Å². The van der Waals surface area contributed by atoms with Crippen molar-refractivity contribution in [3.63, 3.8) is 0 Å². The second-order valence-corrected chi connectivity index (χ2v) is 4.59. The highest BCUT2D eigenvalue weighted by atomic mass is 32.1. The van der Waals surface area contributed by atoms with Gasteiger partial charge in [0, 0.05) is 5.69 Å². The van der Waals surface area contributed by atoms with Gasteiger partial charge in [0.1, 0.15) is 5.75 Å². The normalized spacial score (nSPS) is 10.5. The molecule has 1 rings (SSSR count). The number of carbonyl (C=O) groups excluding carboxylic acids is 1. The zero-order valence-electron chi connectivity index (χ0n) is 10.7. The molecule has 0 spiro atoms. The number of carbonyl (C=O) groups is 1. The van der Waals surface area contributed by atoms with E-state index in [1.165, 1.54) is 0 Å². The van der Waals surface area contributed by atoms with Gasteiger partial charge in [-0.15, -0.1) is 0 Å². The number of hydrogen-bond acceptors (Lipinski definition) is 3. The summed E-state index contributed by atoms with van der Waals surface area (Å²) >= 11 is 3.95. The van der Waals surface area contributed by atoms with Crippen LogP contribution in [0.5, 0.6) is 5.75 Å². The summed E-state index contributed by atoms with van der Waals surface area (Å²) < 4.78 is 5.35. The maximum absolute atomic E-state index is 11.4. The average Bonchev–Trinajstić information content (AvgIpc) is 2.30. The van der Waals surface area contributed by atoms with E-state index in [9.17, 15) is 4.79 Å². The smallest absolute Gasteiger partial charge is 0.234 e. The molecule has 94 valence electrons. The Morgan fingerprint density at radius 2 is 2.12 bits per heavy atom. The first kappa shape index (κ1) is 13.9. The number of methoxy groups -OCH3 is 1. The number of hydrogen-bond donors (Lipinski definition) is 2. The Kier molecular flexibility index (Phi) is 4.87. The van der Waals surface area contributed by atoms with Crippen LogP contribution in [0.15, 0.2) is 12.1 Å². The van der Waals surface area contributed by atoms with Crippen LogP contribution in [-0.4, -0.2) is 18.8 Å². The number of rotatable bonds is 4. The van der Waals surface area contributed by atoms with Gasteiger partial charge in [0.2, 0.25) is 5.91 Å². The molecule has 0 aliphatic rings. The molecule has 1 N–H and O–H groups in total. The summed E-state index contributed by atoms with van der Waals surface area (Å²) in [5, 5.41) is 2.84. The maximum Gasteiger partial charge on any atom is 0.234 e. The minimum Gasteiger partial charge on any atom is -0.496 e. The zero-order chi connectivity index (χ0) is 13.0. The molecule has 1 aromatic rings. The van der Waals surface area contributed by atoms with E-state index in [-0.39, 0.29) is 11.7 Å². The largest absolute Gasteiger partial charge is 0.496 e. The molecule has 17 heavy (non-hydrogen) atoms. The molecular formula is C13H19NO2S. The molecule has 0 heterocycles. The summed E-state index contributed by atoms with van der Waals surface area (Å²) in [6, 6.07) is 3.92. The Balaban J connectivity index is 3.15. The Hall–Kier alpha value is -1.16. The minimum absolute atomic E-state index is 0.101. The van der Waals surface area contributed by atoms with Crippen LogP contribution in [0.4, 0.5) is 5.69 Å².